The second-order valence-electron chi connectivity index (χ2n) is 6.74. The van der Waals surface area contributed by atoms with Crippen molar-refractivity contribution in [3.05, 3.63) is 0 Å². The summed E-state index contributed by atoms with van der Waals surface area (Å²) in [5, 5.41) is 3.37. The van der Waals surface area contributed by atoms with Crippen LogP contribution in [0.3, 0.4) is 0 Å². The van der Waals surface area contributed by atoms with Crippen molar-refractivity contribution in [2.24, 2.45) is 0 Å². The van der Waals surface area contributed by atoms with E-state index in [-0.39, 0.29) is 12.0 Å². The summed E-state index contributed by atoms with van der Waals surface area (Å²) in [6.07, 6.45) is 4.62. The minimum absolute atomic E-state index is 0.163. The lowest BCUT2D eigenvalue weighted by molar-refractivity contribution is -0.148. The van der Waals surface area contributed by atoms with E-state index in [4.69, 9.17) is 4.74 Å². The fraction of sp³-hybridized carbons (Fsp3) is 0.938. The first kappa shape index (κ1) is 17.4. The molecule has 0 radical (unpaired) electrons. The molecule has 0 bridgehead atoms. The van der Waals surface area contributed by atoms with Gasteiger partial charge in [0.05, 0.1) is 7.11 Å². The summed E-state index contributed by atoms with van der Waals surface area (Å²) < 4.78 is 4.99. The molecule has 1 fully saturated rings. The minimum atomic E-state index is -0.597. The second kappa shape index (κ2) is 7.41. The van der Waals surface area contributed by atoms with E-state index in [0.29, 0.717) is 12.1 Å². The Balaban J connectivity index is 2.68. The van der Waals surface area contributed by atoms with Crippen LogP contribution < -0.4 is 5.32 Å². The Kier molecular flexibility index (Phi) is 6.46. The number of nitrogens with one attached hydrogen (secondary N) is 1. The largest absolute Gasteiger partial charge is 0.468 e. The van der Waals surface area contributed by atoms with Gasteiger partial charge >= 0.3 is 5.97 Å². The second-order valence-corrected chi connectivity index (χ2v) is 6.74. The average molecular weight is 284 g/mol. The van der Waals surface area contributed by atoms with E-state index in [1.54, 1.807) is 0 Å². The number of rotatable bonds is 6. The number of nitrogens with zero attached hydrogens (tertiary/aromatic N) is 1. The van der Waals surface area contributed by atoms with Crippen molar-refractivity contribution in [3.63, 3.8) is 0 Å². The summed E-state index contributed by atoms with van der Waals surface area (Å²) in [5.74, 6) is -0.163. The molecule has 20 heavy (non-hydrogen) atoms. The monoisotopic (exact) mass is 284 g/mol. The van der Waals surface area contributed by atoms with E-state index >= 15 is 0 Å². The molecular weight excluding hydrogens is 252 g/mol. The third-order valence-electron chi connectivity index (χ3n) is 4.49. The summed E-state index contributed by atoms with van der Waals surface area (Å²) >= 11 is 0. The van der Waals surface area contributed by atoms with E-state index in [9.17, 15) is 4.79 Å². The standard InChI is InChI=1S/C16H32N2O2/c1-12(2)17-16(5,15(19)20-6)10-11-18-13(3)8-7-9-14(18)4/h12-14,17H,7-11H2,1-6H3. The molecule has 0 amide bonds. The Labute approximate surface area is 124 Å². The van der Waals surface area contributed by atoms with Gasteiger partial charge in [0.15, 0.2) is 0 Å². The van der Waals surface area contributed by atoms with Crippen LogP contribution in [0.4, 0.5) is 0 Å². The van der Waals surface area contributed by atoms with Gasteiger partial charge in [-0.05, 0) is 53.9 Å². The topological polar surface area (TPSA) is 41.6 Å². The van der Waals surface area contributed by atoms with Crippen LogP contribution in [0, 0.1) is 0 Å². The maximum atomic E-state index is 12.1. The molecule has 3 atom stereocenters. The smallest absolute Gasteiger partial charge is 0.325 e. The molecule has 1 rings (SSSR count). The van der Waals surface area contributed by atoms with Gasteiger partial charge in [0, 0.05) is 24.7 Å². The highest BCUT2D eigenvalue weighted by Gasteiger charge is 2.36. The molecule has 4 heteroatoms. The first-order chi connectivity index (χ1) is 9.30. The number of esters is 1. The van der Waals surface area contributed by atoms with Crippen molar-refractivity contribution >= 4 is 5.97 Å². The van der Waals surface area contributed by atoms with Gasteiger partial charge in [-0.25, -0.2) is 0 Å². The van der Waals surface area contributed by atoms with Crippen molar-refractivity contribution in [3.8, 4) is 0 Å². The van der Waals surface area contributed by atoms with Crippen LogP contribution in [-0.4, -0.2) is 48.2 Å². The third-order valence-corrected chi connectivity index (χ3v) is 4.49. The van der Waals surface area contributed by atoms with E-state index in [0.717, 1.165) is 13.0 Å². The van der Waals surface area contributed by atoms with Gasteiger partial charge in [0.25, 0.3) is 0 Å². The summed E-state index contributed by atoms with van der Waals surface area (Å²) in [6.45, 7) is 11.6. The molecule has 1 N–H and O–H groups in total. The number of hydrogen-bond acceptors (Lipinski definition) is 4. The summed E-state index contributed by atoms with van der Waals surface area (Å²) in [4.78, 5) is 14.6. The lowest BCUT2D eigenvalue weighted by Gasteiger charge is -2.41. The number of piperidine rings is 1. The fourth-order valence-corrected chi connectivity index (χ4v) is 3.36. The number of likely N-dealkylation sites (tertiary alicyclic amines) is 1. The predicted octanol–water partition coefficient (Wildman–Crippen LogP) is 2.57. The summed E-state index contributed by atoms with van der Waals surface area (Å²) in [7, 11) is 1.47. The average Bonchev–Trinajstić information content (AvgIpc) is 2.36. The predicted molar refractivity (Wildman–Crippen MR) is 82.8 cm³/mol. The van der Waals surface area contributed by atoms with Crippen LogP contribution in [0.2, 0.25) is 0 Å². The van der Waals surface area contributed by atoms with E-state index < -0.39 is 5.54 Å². The van der Waals surface area contributed by atoms with E-state index in [2.05, 4.69) is 37.9 Å². The van der Waals surface area contributed by atoms with Crippen LogP contribution >= 0.6 is 0 Å². The SMILES string of the molecule is COC(=O)C(C)(CCN1C(C)CCCC1C)NC(C)C. The highest BCUT2D eigenvalue weighted by molar-refractivity contribution is 5.80. The molecule has 3 unspecified atom stereocenters. The lowest BCUT2D eigenvalue weighted by Crippen LogP contribution is -2.55. The van der Waals surface area contributed by atoms with E-state index in [1.165, 1.54) is 26.4 Å². The van der Waals surface area contributed by atoms with Gasteiger partial charge in [-0.1, -0.05) is 6.42 Å². The number of hydrogen-bond donors (Lipinski definition) is 1. The molecule has 1 aliphatic rings. The molecule has 0 aromatic carbocycles. The van der Waals surface area contributed by atoms with Gasteiger partial charge < -0.3 is 4.74 Å². The number of carbonyl (C=O) groups excluding carboxylic acids is 1. The Hall–Kier alpha value is -0.610. The molecule has 0 aromatic heterocycles. The van der Waals surface area contributed by atoms with Crippen LogP contribution in [0.5, 0.6) is 0 Å². The Morgan fingerprint density at radius 3 is 2.35 bits per heavy atom. The molecule has 4 nitrogen and oxygen atoms in total. The van der Waals surface area contributed by atoms with Crippen LogP contribution in [0.1, 0.15) is 60.3 Å². The van der Waals surface area contributed by atoms with Crippen molar-refractivity contribution in [1.82, 2.24) is 10.2 Å². The summed E-state index contributed by atoms with van der Waals surface area (Å²) in [6, 6.07) is 1.48. The van der Waals surface area contributed by atoms with Gasteiger partial charge in [-0.3, -0.25) is 15.0 Å². The first-order valence-corrected chi connectivity index (χ1v) is 7.92. The van der Waals surface area contributed by atoms with Crippen LogP contribution in [-0.2, 0) is 9.53 Å². The number of ether oxygens (including phenoxy) is 1. The van der Waals surface area contributed by atoms with Gasteiger partial charge in [0.1, 0.15) is 5.54 Å². The molecule has 0 spiro atoms. The zero-order valence-corrected chi connectivity index (χ0v) is 14.0. The van der Waals surface area contributed by atoms with E-state index in [1.807, 2.05) is 6.92 Å². The van der Waals surface area contributed by atoms with Crippen molar-refractivity contribution in [1.29, 1.82) is 0 Å². The first-order valence-electron chi connectivity index (χ1n) is 7.92. The fourth-order valence-electron chi connectivity index (χ4n) is 3.36. The maximum absolute atomic E-state index is 12.1. The maximum Gasteiger partial charge on any atom is 0.325 e. The van der Waals surface area contributed by atoms with Crippen molar-refractivity contribution in [2.75, 3.05) is 13.7 Å². The quantitative estimate of drug-likeness (QED) is 0.761. The zero-order chi connectivity index (χ0) is 15.3. The number of methoxy groups -OCH3 is 1. The Morgan fingerprint density at radius 1 is 1.35 bits per heavy atom. The van der Waals surface area contributed by atoms with Gasteiger partial charge in [0.2, 0.25) is 0 Å². The molecule has 1 aliphatic heterocycles. The normalized spacial score (nSPS) is 27.4. The van der Waals surface area contributed by atoms with Crippen LogP contribution in [0.15, 0.2) is 0 Å². The molecule has 0 aliphatic carbocycles. The highest BCUT2D eigenvalue weighted by Crippen LogP contribution is 2.24. The molecule has 0 saturated carbocycles. The van der Waals surface area contributed by atoms with Gasteiger partial charge in [-0.15, -0.1) is 0 Å². The number of carbonyl (C=O) groups is 1. The van der Waals surface area contributed by atoms with Crippen LogP contribution in [0.25, 0.3) is 0 Å². The zero-order valence-electron chi connectivity index (χ0n) is 14.0. The van der Waals surface area contributed by atoms with Crippen molar-refractivity contribution < 1.29 is 9.53 Å². The lowest BCUT2D eigenvalue weighted by atomic mass is 9.92. The van der Waals surface area contributed by atoms with Crippen molar-refractivity contribution in [2.45, 2.75) is 84.0 Å². The molecule has 1 saturated heterocycles. The Bertz CT molecular complexity index is 310. The Morgan fingerprint density at radius 2 is 1.90 bits per heavy atom. The van der Waals surface area contributed by atoms with Gasteiger partial charge in [-0.2, -0.15) is 0 Å². The molecule has 0 aromatic rings. The molecule has 118 valence electrons. The third kappa shape index (κ3) is 4.45. The molecule has 1 heterocycles. The summed E-state index contributed by atoms with van der Waals surface area (Å²) in [5.41, 5.74) is -0.597. The molecular formula is C16H32N2O2. The minimum Gasteiger partial charge on any atom is -0.468 e. The highest BCUT2D eigenvalue weighted by atomic mass is 16.5.